The highest BCUT2D eigenvalue weighted by molar-refractivity contribution is 8.00. The van der Waals surface area contributed by atoms with Crippen molar-refractivity contribution in [1.82, 2.24) is 10.6 Å². The van der Waals surface area contributed by atoms with Crippen LogP contribution in [-0.2, 0) is 32.9 Å². The molecule has 0 aromatic heterocycles. The number of carbonyl (C=O) groups excluding carboxylic acids is 2. The van der Waals surface area contributed by atoms with Crippen LogP contribution in [0.5, 0.6) is 5.75 Å². The average Bonchev–Trinajstić information content (AvgIpc) is 2.91. The van der Waals surface area contributed by atoms with E-state index in [1.54, 1.807) is 25.9 Å². The van der Waals surface area contributed by atoms with E-state index >= 15 is 0 Å². The van der Waals surface area contributed by atoms with Crippen molar-refractivity contribution >= 4 is 23.6 Å². The third kappa shape index (κ3) is 7.62. The molecular formula is C31H38N2O3S. The number of benzene rings is 3. The van der Waals surface area contributed by atoms with Crippen LogP contribution in [0.4, 0.5) is 0 Å². The first kappa shape index (κ1) is 28.3. The van der Waals surface area contributed by atoms with E-state index in [1.807, 2.05) is 67.6 Å². The summed E-state index contributed by atoms with van der Waals surface area (Å²) in [5, 5.41) is 5.81. The Labute approximate surface area is 225 Å². The van der Waals surface area contributed by atoms with Gasteiger partial charge in [0, 0.05) is 19.2 Å². The number of thioether (sulfide) groups is 1. The molecule has 3 aromatic rings. The van der Waals surface area contributed by atoms with E-state index in [9.17, 15) is 9.59 Å². The topological polar surface area (TPSA) is 67.4 Å². The fourth-order valence-electron chi connectivity index (χ4n) is 4.35. The number of methoxy groups -OCH3 is 1. The van der Waals surface area contributed by atoms with E-state index in [0.717, 1.165) is 34.4 Å². The molecular weight excluding hydrogens is 480 g/mol. The predicted octanol–water partition coefficient (Wildman–Crippen LogP) is 5.52. The zero-order chi connectivity index (χ0) is 26.8. The molecule has 2 N–H and O–H groups in total. The molecule has 196 valence electrons. The summed E-state index contributed by atoms with van der Waals surface area (Å²) < 4.78 is 4.36. The van der Waals surface area contributed by atoms with Gasteiger partial charge in [-0.1, -0.05) is 80.6 Å². The molecule has 2 atom stereocenters. The molecule has 0 radical (unpaired) electrons. The van der Waals surface area contributed by atoms with Crippen molar-refractivity contribution in [2.75, 3.05) is 14.2 Å². The molecule has 0 heterocycles. The Balaban J connectivity index is 1.94. The summed E-state index contributed by atoms with van der Waals surface area (Å²) in [7, 11) is 3.21. The number of carbonyl (C=O) groups is 2. The predicted molar refractivity (Wildman–Crippen MR) is 153 cm³/mol. The molecule has 0 spiro atoms. The quantitative estimate of drug-likeness (QED) is 0.332. The number of hydrogen-bond acceptors (Lipinski definition) is 4. The smallest absolute Gasteiger partial charge is 0.242 e. The highest BCUT2D eigenvalue weighted by atomic mass is 32.2. The number of ether oxygens (including phenoxy) is 1. The minimum Gasteiger partial charge on any atom is -0.497 e. The van der Waals surface area contributed by atoms with Gasteiger partial charge in [0.25, 0.3) is 0 Å². The van der Waals surface area contributed by atoms with Crippen molar-refractivity contribution in [3.63, 3.8) is 0 Å². The minimum atomic E-state index is -0.895. The second-order valence-corrected chi connectivity index (χ2v) is 11.1. The van der Waals surface area contributed by atoms with Gasteiger partial charge in [-0.15, -0.1) is 11.8 Å². The summed E-state index contributed by atoms with van der Waals surface area (Å²) in [6, 6.07) is 25.2. The molecule has 3 aromatic carbocycles. The largest absolute Gasteiger partial charge is 0.497 e. The van der Waals surface area contributed by atoms with E-state index < -0.39 is 10.8 Å². The highest BCUT2D eigenvalue weighted by Gasteiger charge is 2.39. The summed E-state index contributed by atoms with van der Waals surface area (Å²) in [5.74, 6) is 1.46. The lowest BCUT2D eigenvalue weighted by atomic mass is 9.89. The van der Waals surface area contributed by atoms with E-state index in [2.05, 4.69) is 42.7 Å². The van der Waals surface area contributed by atoms with Crippen molar-refractivity contribution in [2.45, 2.75) is 50.2 Å². The van der Waals surface area contributed by atoms with Crippen LogP contribution < -0.4 is 15.4 Å². The number of amides is 2. The third-order valence-corrected chi connectivity index (χ3v) is 7.89. The van der Waals surface area contributed by atoms with Crippen LogP contribution in [0.1, 0.15) is 43.0 Å². The van der Waals surface area contributed by atoms with Crippen molar-refractivity contribution in [2.24, 2.45) is 5.92 Å². The second-order valence-electron chi connectivity index (χ2n) is 9.76. The Bertz CT molecular complexity index is 1160. The maximum atomic E-state index is 14.1. The number of nitrogens with one attached hydrogen (secondary N) is 2. The van der Waals surface area contributed by atoms with Gasteiger partial charge in [0.2, 0.25) is 11.8 Å². The summed E-state index contributed by atoms with van der Waals surface area (Å²) in [5.41, 5.74) is 4.23. The van der Waals surface area contributed by atoms with Crippen LogP contribution in [-0.4, -0.2) is 32.0 Å². The average molecular weight is 519 g/mol. The van der Waals surface area contributed by atoms with Crippen LogP contribution in [0.3, 0.4) is 0 Å². The summed E-state index contributed by atoms with van der Waals surface area (Å²) in [4.78, 5) is 27.0. The number of likely N-dealkylation sites (N-methyl/N-ethyl adjacent to an activating group) is 1. The van der Waals surface area contributed by atoms with Crippen LogP contribution in [0.2, 0.25) is 0 Å². The van der Waals surface area contributed by atoms with Gasteiger partial charge in [0.15, 0.2) is 0 Å². The number of rotatable bonds is 12. The van der Waals surface area contributed by atoms with Crippen molar-refractivity contribution < 1.29 is 14.3 Å². The summed E-state index contributed by atoms with van der Waals surface area (Å²) in [6.45, 7) is 6.34. The first-order valence-electron chi connectivity index (χ1n) is 12.7. The third-order valence-electron chi connectivity index (χ3n) is 6.43. The molecule has 0 aliphatic heterocycles. The Hall–Kier alpha value is -3.25. The van der Waals surface area contributed by atoms with Gasteiger partial charge in [-0.05, 0) is 53.6 Å². The van der Waals surface area contributed by atoms with Gasteiger partial charge in [-0.2, -0.15) is 0 Å². The lowest BCUT2D eigenvalue weighted by molar-refractivity contribution is -0.129. The second kappa shape index (κ2) is 13.3. The maximum absolute atomic E-state index is 14.1. The molecule has 6 heteroatoms. The van der Waals surface area contributed by atoms with E-state index in [-0.39, 0.29) is 11.8 Å². The molecule has 0 saturated heterocycles. The molecule has 5 nitrogen and oxygen atoms in total. The molecule has 2 unspecified atom stereocenters. The monoisotopic (exact) mass is 518 g/mol. The van der Waals surface area contributed by atoms with Crippen LogP contribution in [0.15, 0.2) is 78.9 Å². The molecule has 37 heavy (non-hydrogen) atoms. The Morgan fingerprint density at radius 2 is 1.54 bits per heavy atom. The standard InChI is InChI=1S/C31H38N2O3S/c1-22(2)19-25-13-9-10-14-27(25)31(3,37-21-24-11-7-6-8-12-24)30(35)33-28(29(34)32-4)20-23-15-17-26(36-5)18-16-23/h6-18,22,28H,19-21H2,1-5H3,(H,32,34)(H,33,35). The van der Waals surface area contributed by atoms with Gasteiger partial charge >= 0.3 is 0 Å². The fraction of sp³-hybridized carbons (Fsp3) is 0.355. The van der Waals surface area contributed by atoms with E-state index in [1.165, 1.54) is 0 Å². The Morgan fingerprint density at radius 1 is 0.892 bits per heavy atom. The van der Waals surface area contributed by atoms with E-state index in [4.69, 9.17) is 4.74 Å². The van der Waals surface area contributed by atoms with Gasteiger partial charge in [-0.3, -0.25) is 9.59 Å². The molecule has 2 amide bonds. The molecule has 0 saturated carbocycles. The first-order valence-corrected chi connectivity index (χ1v) is 13.7. The van der Waals surface area contributed by atoms with Gasteiger partial charge in [-0.25, -0.2) is 0 Å². The minimum absolute atomic E-state index is 0.174. The maximum Gasteiger partial charge on any atom is 0.242 e. The first-order chi connectivity index (χ1) is 17.8. The van der Waals surface area contributed by atoms with Crippen LogP contribution >= 0.6 is 11.8 Å². The van der Waals surface area contributed by atoms with Crippen molar-refractivity contribution in [3.8, 4) is 5.75 Å². The SMILES string of the molecule is CNC(=O)C(Cc1ccc(OC)cc1)NC(=O)C(C)(SCc1ccccc1)c1ccccc1CC(C)C. The molecule has 0 bridgehead atoms. The van der Waals surface area contributed by atoms with E-state index in [0.29, 0.717) is 18.1 Å². The van der Waals surface area contributed by atoms with Gasteiger partial charge in [0.1, 0.15) is 16.5 Å². The van der Waals surface area contributed by atoms with Gasteiger partial charge < -0.3 is 15.4 Å². The lowest BCUT2D eigenvalue weighted by Crippen LogP contribution is -2.52. The number of hydrogen-bond donors (Lipinski definition) is 2. The fourth-order valence-corrected chi connectivity index (χ4v) is 5.54. The summed E-state index contributed by atoms with van der Waals surface area (Å²) >= 11 is 1.59. The van der Waals surface area contributed by atoms with Gasteiger partial charge in [0.05, 0.1) is 7.11 Å². The Morgan fingerprint density at radius 3 is 2.16 bits per heavy atom. The molecule has 0 fully saturated rings. The summed E-state index contributed by atoms with van der Waals surface area (Å²) in [6.07, 6.45) is 1.25. The van der Waals surface area contributed by atoms with Crippen LogP contribution in [0, 0.1) is 5.92 Å². The molecule has 3 rings (SSSR count). The molecule has 0 aliphatic rings. The highest BCUT2D eigenvalue weighted by Crippen LogP contribution is 2.41. The van der Waals surface area contributed by atoms with Crippen molar-refractivity contribution in [3.05, 3.63) is 101 Å². The lowest BCUT2D eigenvalue weighted by Gasteiger charge is -2.32. The molecule has 0 aliphatic carbocycles. The Kier molecular flexibility index (Phi) is 10.2. The van der Waals surface area contributed by atoms with Crippen LogP contribution in [0.25, 0.3) is 0 Å². The van der Waals surface area contributed by atoms with Crippen molar-refractivity contribution in [1.29, 1.82) is 0 Å². The zero-order valence-electron chi connectivity index (χ0n) is 22.4. The normalized spacial score (nSPS) is 13.5. The zero-order valence-corrected chi connectivity index (χ0v) is 23.2.